The van der Waals surface area contributed by atoms with Gasteiger partial charge in [-0.05, 0) is 33.6 Å². The zero-order valence-electron chi connectivity index (χ0n) is 9.54. The van der Waals surface area contributed by atoms with Crippen LogP contribution in [0.2, 0.25) is 0 Å². The molecular weight excluding hydrogens is 192 g/mol. The van der Waals surface area contributed by atoms with Crippen molar-refractivity contribution in [2.24, 2.45) is 0 Å². The van der Waals surface area contributed by atoms with Gasteiger partial charge in [0.05, 0.1) is 6.61 Å². The SMILES string of the molecule is CCOC(=O)C#CC(O)CCC=C(C)C. The third-order valence-corrected chi connectivity index (χ3v) is 1.61. The topological polar surface area (TPSA) is 46.5 Å². The summed E-state index contributed by atoms with van der Waals surface area (Å²) < 4.78 is 4.60. The first-order valence-electron chi connectivity index (χ1n) is 5.06. The van der Waals surface area contributed by atoms with Crippen LogP contribution in [-0.2, 0) is 9.53 Å². The number of esters is 1. The van der Waals surface area contributed by atoms with E-state index in [-0.39, 0.29) is 0 Å². The third kappa shape index (κ3) is 9.04. The van der Waals surface area contributed by atoms with Crippen LogP contribution >= 0.6 is 0 Å². The molecule has 0 saturated carbocycles. The van der Waals surface area contributed by atoms with Gasteiger partial charge in [0.15, 0.2) is 0 Å². The number of aliphatic hydroxyl groups excluding tert-OH is 1. The molecule has 0 amide bonds. The summed E-state index contributed by atoms with van der Waals surface area (Å²) in [5.74, 6) is 4.10. The van der Waals surface area contributed by atoms with Crippen LogP contribution in [0.4, 0.5) is 0 Å². The van der Waals surface area contributed by atoms with Crippen molar-refractivity contribution in [1.29, 1.82) is 0 Å². The molecule has 0 aromatic heterocycles. The van der Waals surface area contributed by atoms with Gasteiger partial charge in [-0.25, -0.2) is 4.79 Å². The van der Waals surface area contributed by atoms with Gasteiger partial charge in [-0.2, -0.15) is 0 Å². The monoisotopic (exact) mass is 210 g/mol. The number of carbonyl (C=O) groups is 1. The second-order valence-electron chi connectivity index (χ2n) is 3.36. The lowest BCUT2D eigenvalue weighted by molar-refractivity contribution is -0.136. The molecule has 0 aliphatic heterocycles. The summed E-state index contributed by atoms with van der Waals surface area (Å²) in [6.07, 6.45) is 2.57. The Kier molecular flexibility index (Phi) is 7.39. The van der Waals surface area contributed by atoms with E-state index in [1.54, 1.807) is 6.92 Å². The minimum atomic E-state index is -0.759. The van der Waals surface area contributed by atoms with E-state index in [4.69, 9.17) is 0 Å². The maximum atomic E-state index is 10.8. The van der Waals surface area contributed by atoms with E-state index >= 15 is 0 Å². The summed E-state index contributed by atoms with van der Waals surface area (Å²) >= 11 is 0. The molecule has 0 rings (SSSR count). The number of ether oxygens (including phenoxy) is 1. The van der Waals surface area contributed by atoms with Crippen LogP contribution in [0.3, 0.4) is 0 Å². The fourth-order valence-corrected chi connectivity index (χ4v) is 0.911. The summed E-state index contributed by atoms with van der Waals surface area (Å²) in [5, 5.41) is 9.37. The summed E-state index contributed by atoms with van der Waals surface area (Å²) in [4.78, 5) is 10.8. The van der Waals surface area contributed by atoms with Crippen LogP contribution in [0, 0.1) is 11.8 Å². The molecule has 0 spiro atoms. The normalized spacial score (nSPS) is 10.9. The van der Waals surface area contributed by atoms with Crippen LogP contribution in [0.5, 0.6) is 0 Å². The van der Waals surface area contributed by atoms with Crippen LogP contribution in [0.25, 0.3) is 0 Å². The van der Waals surface area contributed by atoms with Crippen molar-refractivity contribution in [3.8, 4) is 11.8 Å². The van der Waals surface area contributed by atoms with Crippen molar-refractivity contribution in [2.75, 3.05) is 6.61 Å². The van der Waals surface area contributed by atoms with Crippen molar-refractivity contribution < 1.29 is 14.6 Å². The number of hydrogen-bond donors (Lipinski definition) is 1. The molecule has 1 atom stereocenters. The second kappa shape index (κ2) is 8.07. The Labute approximate surface area is 91.1 Å². The molecule has 0 fully saturated rings. The number of allylic oxidation sites excluding steroid dienone is 2. The Morgan fingerprint density at radius 3 is 2.73 bits per heavy atom. The van der Waals surface area contributed by atoms with Crippen LogP contribution in [-0.4, -0.2) is 23.8 Å². The molecule has 3 nitrogen and oxygen atoms in total. The van der Waals surface area contributed by atoms with Gasteiger partial charge in [-0.1, -0.05) is 17.6 Å². The van der Waals surface area contributed by atoms with E-state index in [0.717, 1.165) is 6.42 Å². The van der Waals surface area contributed by atoms with E-state index in [2.05, 4.69) is 16.6 Å². The number of hydrogen-bond acceptors (Lipinski definition) is 3. The van der Waals surface area contributed by atoms with Gasteiger partial charge in [0, 0.05) is 5.92 Å². The van der Waals surface area contributed by atoms with Gasteiger partial charge in [0.25, 0.3) is 0 Å². The zero-order chi connectivity index (χ0) is 11.7. The Balaban J connectivity index is 3.86. The Morgan fingerprint density at radius 1 is 1.53 bits per heavy atom. The number of carbonyl (C=O) groups excluding carboxylic acids is 1. The maximum absolute atomic E-state index is 10.8. The van der Waals surface area contributed by atoms with Crippen molar-refractivity contribution in [2.45, 2.75) is 39.7 Å². The molecule has 0 saturated heterocycles. The van der Waals surface area contributed by atoms with E-state index in [9.17, 15) is 9.90 Å². The quantitative estimate of drug-likeness (QED) is 0.332. The molecule has 0 radical (unpaired) electrons. The van der Waals surface area contributed by atoms with E-state index in [0.29, 0.717) is 13.0 Å². The highest BCUT2D eigenvalue weighted by molar-refractivity contribution is 5.88. The Morgan fingerprint density at radius 2 is 2.20 bits per heavy atom. The maximum Gasteiger partial charge on any atom is 0.384 e. The minimum absolute atomic E-state index is 0.307. The molecule has 1 unspecified atom stereocenters. The molecule has 0 heterocycles. The standard InChI is InChI=1S/C12H18O3/c1-4-15-12(14)9-8-11(13)7-5-6-10(2)3/h6,11,13H,4-5,7H2,1-3H3. The molecule has 15 heavy (non-hydrogen) atoms. The minimum Gasteiger partial charge on any atom is -0.456 e. The smallest absolute Gasteiger partial charge is 0.384 e. The lowest BCUT2D eigenvalue weighted by atomic mass is 10.1. The first kappa shape index (κ1) is 13.7. The van der Waals surface area contributed by atoms with Gasteiger partial charge in [0.1, 0.15) is 6.10 Å². The van der Waals surface area contributed by atoms with Gasteiger partial charge in [-0.15, -0.1) is 0 Å². The fraction of sp³-hybridized carbons (Fsp3) is 0.583. The van der Waals surface area contributed by atoms with Gasteiger partial charge >= 0.3 is 5.97 Å². The molecule has 84 valence electrons. The highest BCUT2D eigenvalue weighted by Gasteiger charge is 1.98. The molecule has 0 aromatic carbocycles. The molecule has 0 aliphatic carbocycles. The highest BCUT2D eigenvalue weighted by Crippen LogP contribution is 2.00. The lowest BCUT2D eigenvalue weighted by Crippen LogP contribution is -2.05. The first-order chi connectivity index (χ1) is 7.06. The summed E-state index contributed by atoms with van der Waals surface area (Å²) in [6.45, 7) is 6.01. The van der Waals surface area contributed by atoms with Crippen LogP contribution < -0.4 is 0 Å². The molecule has 0 bridgehead atoms. The van der Waals surface area contributed by atoms with Crippen molar-refractivity contribution in [3.05, 3.63) is 11.6 Å². The summed E-state index contributed by atoms with van der Waals surface area (Å²) in [5.41, 5.74) is 1.21. The molecule has 3 heteroatoms. The van der Waals surface area contributed by atoms with Gasteiger partial charge in [0.2, 0.25) is 0 Å². The highest BCUT2D eigenvalue weighted by atomic mass is 16.5. The molecule has 0 aromatic rings. The molecule has 0 aliphatic rings. The average molecular weight is 210 g/mol. The molecule has 1 N–H and O–H groups in total. The van der Waals surface area contributed by atoms with Crippen LogP contribution in [0.15, 0.2) is 11.6 Å². The predicted molar refractivity (Wildman–Crippen MR) is 59.1 cm³/mol. The summed E-state index contributed by atoms with van der Waals surface area (Å²) in [7, 11) is 0. The van der Waals surface area contributed by atoms with E-state index in [1.807, 2.05) is 19.9 Å². The molecular formula is C12H18O3. The van der Waals surface area contributed by atoms with E-state index in [1.165, 1.54) is 5.57 Å². The predicted octanol–water partition coefficient (Wildman–Crippen LogP) is 1.66. The third-order valence-electron chi connectivity index (χ3n) is 1.61. The van der Waals surface area contributed by atoms with Crippen molar-refractivity contribution >= 4 is 5.97 Å². The second-order valence-corrected chi connectivity index (χ2v) is 3.36. The fourth-order valence-electron chi connectivity index (χ4n) is 0.911. The van der Waals surface area contributed by atoms with Crippen molar-refractivity contribution in [1.82, 2.24) is 0 Å². The summed E-state index contributed by atoms with van der Waals surface area (Å²) in [6, 6.07) is 0. The lowest BCUT2D eigenvalue weighted by Gasteiger charge is -1.99. The van der Waals surface area contributed by atoms with Gasteiger partial charge in [-0.3, -0.25) is 0 Å². The van der Waals surface area contributed by atoms with E-state index < -0.39 is 12.1 Å². The number of aliphatic hydroxyl groups is 1. The zero-order valence-corrected chi connectivity index (χ0v) is 9.54. The largest absolute Gasteiger partial charge is 0.456 e. The Hall–Kier alpha value is -1.27. The van der Waals surface area contributed by atoms with Crippen LogP contribution in [0.1, 0.15) is 33.6 Å². The number of rotatable bonds is 4. The Bertz CT molecular complexity index is 277. The average Bonchev–Trinajstić information content (AvgIpc) is 2.14. The van der Waals surface area contributed by atoms with Gasteiger partial charge < -0.3 is 9.84 Å². The van der Waals surface area contributed by atoms with Crippen molar-refractivity contribution in [3.63, 3.8) is 0 Å². The first-order valence-corrected chi connectivity index (χ1v) is 5.06.